The Morgan fingerprint density at radius 3 is 2.68 bits per heavy atom. The fraction of sp³-hybridized carbons (Fsp3) is 0.154. The Morgan fingerprint density at radius 2 is 2.16 bits per heavy atom. The predicted octanol–water partition coefficient (Wildman–Crippen LogP) is 2.68. The molecule has 0 fully saturated rings. The molecule has 0 saturated carbocycles. The Morgan fingerprint density at radius 1 is 1.42 bits per heavy atom. The third kappa shape index (κ3) is 2.79. The molecule has 98 valence electrons. The molecule has 0 aliphatic rings. The molecule has 0 saturated heterocycles. The number of H-pyrrole nitrogens is 1. The molecule has 19 heavy (non-hydrogen) atoms. The summed E-state index contributed by atoms with van der Waals surface area (Å²) in [4.78, 5) is 22.8. The van der Waals surface area contributed by atoms with E-state index in [4.69, 9.17) is 5.11 Å². The highest BCUT2D eigenvalue weighted by Gasteiger charge is 2.11. The van der Waals surface area contributed by atoms with Crippen molar-refractivity contribution in [3.05, 3.63) is 44.9 Å². The highest BCUT2D eigenvalue weighted by molar-refractivity contribution is 7.12. The van der Waals surface area contributed by atoms with Crippen LogP contribution in [0.1, 0.15) is 37.0 Å². The van der Waals surface area contributed by atoms with Gasteiger partial charge in [0, 0.05) is 22.2 Å². The van der Waals surface area contributed by atoms with Gasteiger partial charge in [-0.2, -0.15) is 5.10 Å². The predicted molar refractivity (Wildman–Crippen MR) is 72.7 cm³/mol. The summed E-state index contributed by atoms with van der Waals surface area (Å²) in [7, 11) is 0. The number of rotatable bonds is 4. The lowest BCUT2D eigenvalue weighted by atomic mass is 10.1. The number of carbonyl (C=O) groups excluding carboxylic acids is 1. The van der Waals surface area contributed by atoms with E-state index < -0.39 is 5.97 Å². The molecule has 5 nitrogen and oxygen atoms in total. The Balaban J connectivity index is 2.19. The molecule has 0 aromatic carbocycles. The average Bonchev–Trinajstić information content (AvgIpc) is 2.95. The number of carboxylic acids is 1. The summed E-state index contributed by atoms with van der Waals surface area (Å²) in [6, 6.07) is 1.38. The number of aryl methyl sites for hydroxylation is 2. The topological polar surface area (TPSA) is 83.0 Å². The van der Waals surface area contributed by atoms with Crippen LogP contribution in [0.3, 0.4) is 0 Å². The minimum Gasteiger partial charge on any atom is -0.477 e. The number of aromatic amines is 1. The maximum absolute atomic E-state index is 11.9. The maximum Gasteiger partial charge on any atom is 0.345 e. The third-order valence-electron chi connectivity index (χ3n) is 2.68. The zero-order valence-corrected chi connectivity index (χ0v) is 11.2. The van der Waals surface area contributed by atoms with Crippen molar-refractivity contribution in [2.24, 2.45) is 0 Å². The van der Waals surface area contributed by atoms with Crippen molar-refractivity contribution in [2.45, 2.75) is 13.8 Å². The Hall–Kier alpha value is -2.21. The van der Waals surface area contributed by atoms with Crippen molar-refractivity contribution in [3.63, 3.8) is 0 Å². The van der Waals surface area contributed by atoms with Gasteiger partial charge in [-0.25, -0.2) is 4.79 Å². The molecule has 0 aliphatic carbocycles. The molecular weight excluding hydrogens is 264 g/mol. The van der Waals surface area contributed by atoms with Crippen molar-refractivity contribution in [3.8, 4) is 0 Å². The lowest BCUT2D eigenvalue weighted by molar-refractivity contribution is 0.0702. The molecule has 2 aromatic rings. The number of aromatic carboxylic acids is 1. The molecule has 2 rings (SSSR count). The summed E-state index contributed by atoms with van der Waals surface area (Å²) in [5.41, 5.74) is 2.97. The van der Waals surface area contributed by atoms with E-state index in [9.17, 15) is 9.59 Å². The lowest BCUT2D eigenvalue weighted by Crippen LogP contribution is -1.94. The van der Waals surface area contributed by atoms with Gasteiger partial charge in [-0.1, -0.05) is 0 Å². The van der Waals surface area contributed by atoms with Crippen LogP contribution in [0, 0.1) is 13.8 Å². The average molecular weight is 276 g/mol. The molecule has 0 radical (unpaired) electrons. The molecule has 0 amide bonds. The number of hydrogen-bond donors (Lipinski definition) is 2. The van der Waals surface area contributed by atoms with E-state index >= 15 is 0 Å². The van der Waals surface area contributed by atoms with Crippen LogP contribution in [-0.2, 0) is 0 Å². The van der Waals surface area contributed by atoms with Crippen LogP contribution in [0.5, 0.6) is 0 Å². The van der Waals surface area contributed by atoms with Gasteiger partial charge in [0.2, 0.25) is 0 Å². The van der Waals surface area contributed by atoms with Gasteiger partial charge in [-0.3, -0.25) is 9.89 Å². The number of aromatic nitrogens is 2. The highest BCUT2D eigenvalue weighted by Crippen LogP contribution is 2.17. The van der Waals surface area contributed by atoms with E-state index in [1.807, 2.05) is 13.8 Å². The van der Waals surface area contributed by atoms with Crippen LogP contribution in [0.25, 0.3) is 6.08 Å². The van der Waals surface area contributed by atoms with Crippen molar-refractivity contribution in [2.75, 3.05) is 0 Å². The number of nitrogens with zero attached hydrogens (tertiary/aromatic N) is 1. The van der Waals surface area contributed by atoms with E-state index in [1.54, 1.807) is 11.5 Å². The van der Waals surface area contributed by atoms with Crippen LogP contribution in [-0.4, -0.2) is 27.1 Å². The fourth-order valence-corrected chi connectivity index (χ4v) is 2.37. The molecule has 0 atom stereocenters. The molecule has 0 bridgehead atoms. The van der Waals surface area contributed by atoms with Crippen LogP contribution < -0.4 is 0 Å². The maximum atomic E-state index is 11.9. The Labute approximate surface area is 113 Å². The molecule has 6 heteroatoms. The first kappa shape index (κ1) is 13.2. The van der Waals surface area contributed by atoms with E-state index in [2.05, 4.69) is 10.2 Å². The summed E-state index contributed by atoms with van der Waals surface area (Å²) < 4.78 is 0. The van der Waals surface area contributed by atoms with Gasteiger partial charge in [0.15, 0.2) is 5.78 Å². The summed E-state index contributed by atoms with van der Waals surface area (Å²) >= 11 is 1.04. The quantitative estimate of drug-likeness (QED) is 0.664. The van der Waals surface area contributed by atoms with Crippen molar-refractivity contribution < 1.29 is 14.7 Å². The second-order valence-corrected chi connectivity index (χ2v) is 4.96. The second-order valence-electron chi connectivity index (χ2n) is 4.05. The number of nitrogens with one attached hydrogen (secondary N) is 1. The Bertz CT molecular complexity index is 648. The number of thiophene rings is 1. The molecule has 0 aliphatic heterocycles. The molecule has 2 N–H and O–H groups in total. The molecular formula is C13H12N2O3S. The number of allylic oxidation sites excluding steroid dienone is 1. The van der Waals surface area contributed by atoms with Gasteiger partial charge in [-0.05, 0) is 32.1 Å². The highest BCUT2D eigenvalue weighted by atomic mass is 32.1. The Kier molecular flexibility index (Phi) is 3.62. The van der Waals surface area contributed by atoms with E-state index in [1.165, 1.54) is 12.1 Å². The lowest BCUT2D eigenvalue weighted by Gasteiger charge is -1.92. The molecule has 2 heterocycles. The van der Waals surface area contributed by atoms with E-state index in [0.29, 0.717) is 5.56 Å². The largest absolute Gasteiger partial charge is 0.477 e. The second kappa shape index (κ2) is 5.19. The van der Waals surface area contributed by atoms with Gasteiger partial charge in [0.1, 0.15) is 4.88 Å². The fourth-order valence-electron chi connectivity index (χ4n) is 1.64. The summed E-state index contributed by atoms with van der Waals surface area (Å²) in [6.45, 7) is 3.72. The normalized spacial score (nSPS) is 11.1. The smallest absolute Gasteiger partial charge is 0.345 e. The number of carboxylic acid groups (broad SMARTS) is 1. The van der Waals surface area contributed by atoms with Gasteiger partial charge < -0.3 is 5.11 Å². The van der Waals surface area contributed by atoms with Crippen LogP contribution >= 0.6 is 11.3 Å². The van der Waals surface area contributed by atoms with Crippen molar-refractivity contribution in [1.82, 2.24) is 10.2 Å². The monoisotopic (exact) mass is 276 g/mol. The first-order chi connectivity index (χ1) is 8.99. The SMILES string of the molecule is Cc1n[nH]c(C)c1C=CC(=O)c1csc(C(=O)O)c1. The van der Waals surface area contributed by atoms with Crippen LogP contribution in [0.2, 0.25) is 0 Å². The summed E-state index contributed by atoms with van der Waals surface area (Å²) in [5, 5.41) is 17.2. The minimum absolute atomic E-state index is 0.160. The van der Waals surface area contributed by atoms with Crippen molar-refractivity contribution in [1.29, 1.82) is 0 Å². The van der Waals surface area contributed by atoms with Crippen LogP contribution in [0.15, 0.2) is 17.5 Å². The van der Waals surface area contributed by atoms with Crippen LogP contribution in [0.4, 0.5) is 0 Å². The van der Waals surface area contributed by atoms with Crippen molar-refractivity contribution >= 4 is 29.2 Å². The molecule has 0 spiro atoms. The zero-order chi connectivity index (χ0) is 14.0. The van der Waals surface area contributed by atoms with Gasteiger partial charge in [0.05, 0.1) is 5.69 Å². The number of hydrogen-bond acceptors (Lipinski definition) is 4. The first-order valence-electron chi connectivity index (χ1n) is 5.55. The minimum atomic E-state index is -1.02. The number of ketones is 1. The molecule has 0 unspecified atom stereocenters. The third-order valence-corrected chi connectivity index (χ3v) is 3.60. The van der Waals surface area contributed by atoms with E-state index in [0.717, 1.165) is 28.3 Å². The number of carbonyl (C=O) groups is 2. The standard InChI is InChI=1S/C13H12N2O3S/c1-7-10(8(2)15-14-7)3-4-11(16)9-5-12(13(17)18)19-6-9/h3-6H,1-2H3,(H,14,15)(H,17,18). The summed E-state index contributed by atoms with van der Waals surface area (Å²) in [6.07, 6.45) is 3.12. The summed E-state index contributed by atoms with van der Waals surface area (Å²) in [5.74, 6) is -1.24. The van der Waals surface area contributed by atoms with Gasteiger partial charge >= 0.3 is 5.97 Å². The van der Waals surface area contributed by atoms with Gasteiger partial charge in [0.25, 0.3) is 0 Å². The van der Waals surface area contributed by atoms with Gasteiger partial charge in [-0.15, -0.1) is 11.3 Å². The molecule has 2 aromatic heterocycles. The first-order valence-corrected chi connectivity index (χ1v) is 6.43. The van der Waals surface area contributed by atoms with E-state index in [-0.39, 0.29) is 10.7 Å². The zero-order valence-electron chi connectivity index (χ0n) is 10.4.